The first-order valence-corrected chi connectivity index (χ1v) is 12.1. The molecule has 10 nitrogen and oxygen atoms in total. The standard InChI is InChI=1S/C25H31N9O/c1-17(2)25(3,20-6-7-21(27-15-20)18-12-28-24(26)29-13-18)23-31-22(35-32-23)19-14-30-34(16-19)11-10-33-8-4-5-9-33/h6-7,12-17H,4-5,8-11H2,1-3H3,(H2,26,28,29)/t25-/m0/s1. The second-order valence-corrected chi connectivity index (χ2v) is 9.58. The molecule has 0 bridgehead atoms. The highest BCUT2D eigenvalue weighted by molar-refractivity contribution is 5.58. The fourth-order valence-electron chi connectivity index (χ4n) is 4.46. The van der Waals surface area contributed by atoms with Crippen LogP contribution in [0, 0.1) is 5.92 Å². The summed E-state index contributed by atoms with van der Waals surface area (Å²) in [5.74, 6) is 1.53. The molecule has 10 heteroatoms. The van der Waals surface area contributed by atoms with Crippen LogP contribution in [0.1, 0.15) is 45.0 Å². The van der Waals surface area contributed by atoms with E-state index in [0.29, 0.717) is 11.7 Å². The van der Waals surface area contributed by atoms with Gasteiger partial charge < -0.3 is 15.2 Å². The smallest absolute Gasteiger partial charge is 0.261 e. The van der Waals surface area contributed by atoms with E-state index in [2.05, 4.69) is 50.9 Å². The fraction of sp³-hybridized carbons (Fsp3) is 0.440. The summed E-state index contributed by atoms with van der Waals surface area (Å²) in [6, 6.07) is 4.00. The Morgan fingerprint density at radius 2 is 1.77 bits per heavy atom. The molecule has 5 heterocycles. The maximum atomic E-state index is 5.69. The van der Waals surface area contributed by atoms with Gasteiger partial charge in [-0.05, 0) is 50.4 Å². The molecule has 0 aliphatic carbocycles. The number of nitrogen functional groups attached to an aromatic ring is 1. The molecule has 1 saturated heterocycles. The topological polar surface area (TPSA) is 125 Å². The Labute approximate surface area is 204 Å². The van der Waals surface area contributed by atoms with E-state index in [1.807, 2.05) is 29.2 Å². The lowest BCUT2D eigenvalue weighted by molar-refractivity contribution is 0.316. The number of nitrogens with zero attached hydrogens (tertiary/aromatic N) is 8. The summed E-state index contributed by atoms with van der Waals surface area (Å²) in [4.78, 5) is 20.0. The minimum atomic E-state index is -0.489. The third kappa shape index (κ3) is 4.66. The van der Waals surface area contributed by atoms with E-state index in [1.165, 1.54) is 25.9 Å². The normalized spacial score (nSPS) is 16.1. The lowest BCUT2D eigenvalue weighted by atomic mass is 9.73. The number of rotatable bonds is 8. The van der Waals surface area contributed by atoms with Crippen molar-refractivity contribution in [2.24, 2.45) is 5.92 Å². The zero-order valence-electron chi connectivity index (χ0n) is 20.4. The predicted molar refractivity (Wildman–Crippen MR) is 132 cm³/mol. The van der Waals surface area contributed by atoms with Gasteiger partial charge in [-0.1, -0.05) is 25.1 Å². The molecule has 0 spiro atoms. The summed E-state index contributed by atoms with van der Waals surface area (Å²) in [7, 11) is 0. The average molecular weight is 474 g/mol. The van der Waals surface area contributed by atoms with Crippen LogP contribution >= 0.6 is 0 Å². The average Bonchev–Trinajstić information content (AvgIpc) is 3.64. The number of aromatic nitrogens is 7. The number of nitrogens with two attached hydrogens (primary N) is 1. The van der Waals surface area contributed by atoms with Crippen LogP contribution in [0.3, 0.4) is 0 Å². The van der Waals surface area contributed by atoms with Gasteiger partial charge in [-0.3, -0.25) is 9.67 Å². The number of hydrogen-bond donors (Lipinski definition) is 1. The van der Waals surface area contributed by atoms with Crippen LogP contribution in [0.2, 0.25) is 0 Å². The first-order valence-electron chi connectivity index (χ1n) is 12.1. The number of anilines is 1. The molecule has 0 aromatic carbocycles. The molecule has 5 rings (SSSR count). The number of pyridine rings is 1. The van der Waals surface area contributed by atoms with Gasteiger partial charge in [0.1, 0.15) is 0 Å². The van der Waals surface area contributed by atoms with Crippen LogP contribution in [-0.2, 0) is 12.0 Å². The lowest BCUT2D eigenvalue weighted by Gasteiger charge is -2.30. The molecular weight excluding hydrogens is 442 g/mol. The molecule has 0 saturated carbocycles. The molecule has 1 fully saturated rings. The van der Waals surface area contributed by atoms with E-state index in [-0.39, 0.29) is 11.9 Å². The van der Waals surface area contributed by atoms with Crippen LogP contribution in [0.15, 0.2) is 47.6 Å². The van der Waals surface area contributed by atoms with Crippen LogP contribution < -0.4 is 5.73 Å². The Bertz CT molecular complexity index is 1260. The van der Waals surface area contributed by atoms with Crippen molar-refractivity contribution in [1.82, 2.24) is 39.8 Å². The van der Waals surface area contributed by atoms with Crippen molar-refractivity contribution in [1.29, 1.82) is 0 Å². The largest absolute Gasteiger partial charge is 0.368 e. The monoisotopic (exact) mass is 473 g/mol. The molecule has 35 heavy (non-hydrogen) atoms. The van der Waals surface area contributed by atoms with Crippen molar-refractivity contribution in [2.45, 2.75) is 45.6 Å². The van der Waals surface area contributed by atoms with Crippen molar-refractivity contribution < 1.29 is 4.52 Å². The third-order valence-electron chi connectivity index (χ3n) is 7.10. The fourth-order valence-corrected chi connectivity index (χ4v) is 4.46. The van der Waals surface area contributed by atoms with Crippen molar-refractivity contribution >= 4 is 5.95 Å². The van der Waals surface area contributed by atoms with Crippen molar-refractivity contribution in [2.75, 3.05) is 25.4 Å². The first kappa shape index (κ1) is 23.1. The van der Waals surface area contributed by atoms with E-state index in [1.54, 1.807) is 18.6 Å². The second kappa shape index (κ2) is 9.53. The van der Waals surface area contributed by atoms with Gasteiger partial charge in [0, 0.05) is 36.9 Å². The molecule has 182 valence electrons. The van der Waals surface area contributed by atoms with E-state index in [0.717, 1.165) is 35.5 Å². The van der Waals surface area contributed by atoms with Gasteiger partial charge in [-0.15, -0.1) is 0 Å². The highest BCUT2D eigenvalue weighted by Gasteiger charge is 2.38. The van der Waals surface area contributed by atoms with E-state index < -0.39 is 5.41 Å². The van der Waals surface area contributed by atoms with Gasteiger partial charge in [-0.25, -0.2) is 9.97 Å². The van der Waals surface area contributed by atoms with Crippen molar-refractivity contribution in [3.63, 3.8) is 0 Å². The summed E-state index contributed by atoms with van der Waals surface area (Å²) < 4.78 is 7.64. The quantitative estimate of drug-likeness (QED) is 0.410. The summed E-state index contributed by atoms with van der Waals surface area (Å²) in [5, 5.41) is 8.87. The molecule has 1 aliphatic heterocycles. The Morgan fingerprint density at radius 3 is 2.46 bits per heavy atom. The Hall–Kier alpha value is -3.66. The molecule has 4 aromatic heterocycles. The van der Waals surface area contributed by atoms with Crippen LogP contribution in [-0.4, -0.2) is 59.4 Å². The zero-order valence-corrected chi connectivity index (χ0v) is 20.4. The zero-order chi connectivity index (χ0) is 24.4. The minimum absolute atomic E-state index is 0.198. The van der Waals surface area contributed by atoms with Gasteiger partial charge >= 0.3 is 0 Å². The maximum Gasteiger partial charge on any atom is 0.261 e. The molecule has 1 atom stereocenters. The second-order valence-electron chi connectivity index (χ2n) is 9.58. The Balaban J connectivity index is 1.36. The van der Waals surface area contributed by atoms with E-state index >= 15 is 0 Å². The van der Waals surface area contributed by atoms with Gasteiger partial charge in [0.2, 0.25) is 5.95 Å². The summed E-state index contributed by atoms with van der Waals surface area (Å²) in [6.45, 7) is 10.6. The first-order chi connectivity index (χ1) is 16.9. The Morgan fingerprint density at radius 1 is 1.00 bits per heavy atom. The third-order valence-corrected chi connectivity index (χ3v) is 7.10. The van der Waals surface area contributed by atoms with Crippen molar-refractivity contribution in [3.05, 3.63) is 54.5 Å². The molecule has 0 unspecified atom stereocenters. The minimum Gasteiger partial charge on any atom is -0.368 e. The number of likely N-dealkylation sites (tertiary alicyclic amines) is 1. The van der Waals surface area contributed by atoms with Gasteiger partial charge in [0.05, 0.1) is 29.4 Å². The molecule has 4 aromatic rings. The highest BCUT2D eigenvalue weighted by Crippen LogP contribution is 2.38. The van der Waals surface area contributed by atoms with Gasteiger partial charge in [-0.2, -0.15) is 10.1 Å². The summed E-state index contributed by atoms with van der Waals surface area (Å²) in [6.07, 6.45) is 11.5. The van der Waals surface area contributed by atoms with Crippen molar-refractivity contribution in [3.8, 4) is 22.7 Å². The van der Waals surface area contributed by atoms with Gasteiger partial charge in [0.15, 0.2) is 5.82 Å². The van der Waals surface area contributed by atoms with E-state index in [9.17, 15) is 0 Å². The summed E-state index contributed by atoms with van der Waals surface area (Å²) in [5.41, 5.74) is 8.52. The summed E-state index contributed by atoms with van der Waals surface area (Å²) >= 11 is 0. The molecule has 0 radical (unpaired) electrons. The van der Waals surface area contributed by atoms with E-state index in [4.69, 9.17) is 15.2 Å². The predicted octanol–water partition coefficient (Wildman–Crippen LogP) is 3.43. The maximum absolute atomic E-state index is 5.69. The Kier molecular flexibility index (Phi) is 6.29. The van der Waals surface area contributed by atoms with Crippen LogP contribution in [0.25, 0.3) is 22.7 Å². The van der Waals surface area contributed by atoms with Crippen LogP contribution in [0.4, 0.5) is 5.95 Å². The lowest BCUT2D eigenvalue weighted by Crippen LogP contribution is -2.31. The molecule has 2 N–H and O–H groups in total. The molecule has 0 amide bonds. The molecule has 1 aliphatic rings. The number of hydrogen-bond acceptors (Lipinski definition) is 9. The molecular formula is C25H31N9O. The highest BCUT2D eigenvalue weighted by atomic mass is 16.5. The van der Waals surface area contributed by atoms with Gasteiger partial charge in [0.25, 0.3) is 5.89 Å². The van der Waals surface area contributed by atoms with Crippen LogP contribution in [0.5, 0.6) is 0 Å². The SMILES string of the molecule is CC(C)[C@@](C)(c1ccc(-c2cnc(N)nc2)nc1)c1noc(-c2cnn(CCN3CCCC3)c2)n1.